The molecule has 0 aromatic rings. The van der Waals surface area contributed by atoms with E-state index in [-0.39, 0.29) is 5.91 Å². The van der Waals surface area contributed by atoms with Crippen molar-refractivity contribution in [2.24, 2.45) is 4.99 Å². The molecule has 0 aromatic carbocycles. The molecule has 0 bridgehead atoms. The van der Waals surface area contributed by atoms with Crippen LogP contribution in [0.5, 0.6) is 0 Å². The molecule has 0 fully saturated rings. The molecular weight excluding hydrogens is 220 g/mol. The summed E-state index contributed by atoms with van der Waals surface area (Å²) in [5.41, 5.74) is 0. The second kappa shape index (κ2) is 9.89. The second-order valence-corrected chi connectivity index (χ2v) is 3.72. The molecule has 0 radical (unpaired) electrons. The van der Waals surface area contributed by atoms with Crippen molar-refractivity contribution in [2.75, 3.05) is 47.4 Å². The topological polar surface area (TPSA) is 66.0 Å². The highest BCUT2D eigenvalue weighted by Crippen LogP contribution is 1.85. The van der Waals surface area contributed by atoms with Crippen LogP contribution in [-0.2, 0) is 9.53 Å². The summed E-state index contributed by atoms with van der Waals surface area (Å²) >= 11 is 0. The fourth-order valence-electron chi connectivity index (χ4n) is 1.10. The fourth-order valence-corrected chi connectivity index (χ4v) is 1.10. The summed E-state index contributed by atoms with van der Waals surface area (Å²) in [6.07, 6.45) is 0.460. The summed E-state index contributed by atoms with van der Waals surface area (Å²) in [4.78, 5) is 17.2. The summed E-state index contributed by atoms with van der Waals surface area (Å²) in [6, 6.07) is 0. The average molecular weight is 244 g/mol. The van der Waals surface area contributed by atoms with Crippen molar-refractivity contribution in [1.82, 2.24) is 15.5 Å². The van der Waals surface area contributed by atoms with Crippen molar-refractivity contribution in [3.63, 3.8) is 0 Å². The smallest absolute Gasteiger partial charge is 0.223 e. The van der Waals surface area contributed by atoms with E-state index in [1.54, 1.807) is 26.1 Å². The molecule has 6 heteroatoms. The number of rotatable bonds is 7. The van der Waals surface area contributed by atoms with Crippen LogP contribution in [0.2, 0.25) is 0 Å². The predicted molar refractivity (Wildman–Crippen MR) is 69.2 cm³/mol. The van der Waals surface area contributed by atoms with Crippen LogP contribution in [0.4, 0.5) is 0 Å². The number of hydrogen-bond donors (Lipinski definition) is 2. The Morgan fingerprint density at radius 2 is 2.06 bits per heavy atom. The van der Waals surface area contributed by atoms with Gasteiger partial charge in [-0.05, 0) is 6.92 Å². The monoisotopic (exact) mass is 244 g/mol. The van der Waals surface area contributed by atoms with Gasteiger partial charge in [0.25, 0.3) is 0 Å². The molecule has 2 N–H and O–H groups in total. The average Bonchev–Trinajstić information content (AvgIpc) is 2.29. The SMILES string of the molecule is CCNC(=NCCOC)NCCC(=O)N(C)C. The van der Waals surface area contributed by atoms with E-state index in [2.05, 4.69) is 15.6 Å². The van der Waals surface area contributed by atoms with Gasteiger partial charge in [-0.15, -0.1) is 0 Å². The second-order valence-electron chi connectivity index (χ2n) is 3.72. The molecule has 17 heavy (non-hydrogen) atoms. The minimum atomic E-state index is 0.102. The number of carbonyl (C=O) groups excluding carboxylic acids is 1. The van der Waals surface area contributed by atoms with E-state index in [0.717, 1.165) is 12.5 Å². The maximum atomic E-state index is 11.3. The number of nitrogens with one attached hydrogen (secondary N) is 2. The molecule has 0 rings (SSSR count). The van der Waals surface area contributed by atoms with Crippen LogP contribution in [0.3, 0.4) is 0 Å². The molecule has 6 nitrogen and oxygen atoms in total. The molecule has 0 aliphatic carbocycles. The van der Waals surface area contributed by atoms with Crippen molar-refractivity contribution in [1.29, 1.82) is 0 Å². The summed E-state index contributed by atoms with van der Waals surface area (Å²) in [7, 11) is 5.14. The van der Waals surface area contributed by atoms with Gasteiger partial charge in [0.1, 0.15) is 0 Å². The van der Waals surface area contributed by atoms with E-state index in [1.165, 1.54) is 0 Å². The quantitative estimate of drug-likeness (QED) is 0.365. The van der Waals surface area contributed by atoms with Crippen molar-refractivity contribution in [2.45, 2.75) is 13.3 Å². The molecule has 0 saturated heterocycles. The zero-order valence-electron chi connectivity index (χ0n) is 11.2. The van der Waals surface area contributed by atoms with Crippen molar-refractivity contribution < 1.29 is 9.53 Å². The van der Waals surface area contributed by atoms with Crippen LogP contribution in [0, 0.1) is 0 Å². The third-order valence-corrected chi connectivity index (χ3v) is 2.04. The Hall–Kier alpha value is -1.30. The number of guanidine groups is 1. The van der Waals surface area contributed by atoms with Crippen molar-refractivity contribution >= 4 is 11.9 Å². The number of methoxy groups -OCH3 is 1. The van der Waals surface area contributed by atoms with E-state index < -0.39 is 0 Å². The first-order valence-electron chi connectivity index (χ1n) is 5.83. The molecule has 0 aromatic heterocycles. The summed E-state index contributed by atoms with van der Waals surface area (Å²) in [5.74, 6) is 0.821. The van der Waals surface area contributed by atoms with Gasteiger partial charge in [-0.3, -0.25) is 9.79 Å². The Morgan fingerprint density at radius 1 is 1.35 bits per heavy atom. The maximum absolute atomic E-state index is 11.3. The summed E-state index contributed by atoms with van der Waals surface area (Å²) in [6.45, 7) is 4.56. The molecule has 0 aliphatic heterocycles. The number of ether oxygens (including phenoxy) is 1. The molecular formula is C11H24N4O2. The van der Waals surface area contributed by atoms with Gasteiger partial charge >= 0.3 is 0 Å². The van der Waals surface area contributed by atoms with E-state index in [4.69, 9.17) is 4.74 Å². The van der Waals surface area contributed by atoms with E-state index in [9.17, 15) is 4.79 Å². The van der Waals surface area contributed by atoms with Gasteiger partial charge in [-0.25, -0.2) is 0 Å². The number of aliphatic imine (C=N–C) groups is 1. The van der Waals surface area contributed by atoms with Crippen LogP contribution in [0.15, 0.2) is 4.99 Å². The first-order valence-corrected chi connectivity index (χ1v) is 5.83. The maximum Gasteiger partial charge on any atom is 0.223 e. The third-order valence-electron chi connectivity index (χ3n) is 2.04. The van der Waals surface area contributed by atoms with Gasteiger partial charge in [-0.1, -0.05) is 0 Å². The molecule has 1 amide bonds. The number of carbonyl (C=O) groups is 1. The van der Waals surface area contributed by atoms with Gasteiger partial charge in [0.05, 0.1) is 13.2 Å². The van der Waals surface area contributed by atoms with Gasteiger partial charge in [0.15, 0.2) is 5.96 Å². The highest BCUT2D eigenvalue weighted by atomic mass is 16.5. The number of amides is 1. The first kappa shape index (κ1) is 15.7. The molecule has 0 heterocycles. The van der Waals surface area contributed by atoms with E-state index in [0.29, 0.717) is 26.1 Å². The zero-order valence-corrected chi connectivity index (χ0v) is 11.2. The van der Waals surface area contributed by atoms with Crippen LogP contribution in [-0.4, -0.2) is 64.2 Å². The Balaban J connectivity index is 3.91. The lowest BCUT2D eigenvalue weighted by Gasteiger charge is -2.13. The Kier molecular flexibility index (Phi) is 9.14. The molecule has 0 saturated carbocycles. The Bertz CT molecular complexity index is 242. The largest absolute Gasteiger partial charge is 0.383 e. The normalized spacial score (nSPS) is 11.2. The van der Waals surface area contributed by atoms with Crippen LogP contribution in [0.25, 0.3) is 0 Å². The molecule has 0 atom stereocenters. The summed E-state index contributed by atoms with van der Waals surface area (Å²) in [5, 5.41) is 6.20. The standard InChI is InChI=1S/C11H24N4O2/c1-5-12-11(14-8-9-17-4)13-7-6-10(16)15(2)3/h5-9H2,1-4H3,(H2,12,13,14). The minimum Gasteiger partial charge on any atom is -0.383 e. The van der Waals surface area contributed by atoms with Gasteiger partial charge < -0.3 is 20.3 Å². The minimum absolute atomic E-state index is 0.102. The van der Waals surface area contributed by atoms with Crippen LogP contribution >= 0.6 is 0 Å². The highest BCUT2D eigenvalue weighted by Gasteiger charge is 2.03. The Morgan fingerprint density at radius 3 is 2.59 bits per heavy atom. The lowest BCUT2D eigenvalue weighted by Crippen LogP contribution is -2.39. The lowest BCUT2D eigenvalue weighted by atomic mass is 10.4. The Labute approximate surface area is 103 Å². The van der Waals surface area contributed by atoms with Gasteiger partial charge in [0, 0.05) is 40.7 Å². The molecule has 0 aliphatic rings. The zero-order chi connectivity index (χ0) is 13.1. The first-order chi connectivity index (χ1) is 8.11. The molecule has 0 unspecified atom stereocenters. The van der Waals surface area contributed by atoms with E-state index >= 15 is 0 Å². The molecule has 100 valence electrons. The fraction of sp³-hybridized carbons (Fsp3) is 0.818. The number of nitrogens with zero attached hydrogens (tertiary/aromatic N) is 2. The van der Waals surface area contributed by atoms with Crippen molar-refractivity contribution in [3.8, 4) is 0 Å². The molecule has 0 spiro atoms. The third kappa shape index (κ3) is 8.50. The highest BCUT2D eigenvalue weighted by molar-refractivity contribution is 5.81. The predicted octanol–water partition coefficient (Wildman–Crippen LogP) is -0.334. The van der Waals surface area contributed by atoms with Crippen LogP contribution < -0.4 is 10.6 Å². The number of hydrogen-bond acceptors (Lipinski definition) is 3. The van der Waals surface area contributed by atoms with Crippen molar-refractivity contribution in [3.05, 3.63) is 0 Å². The summed E-state index contributed by atoms with van der Waals surface area (Å²) < 4.78 is 4.92. The van der Waals surface area contributed by atoms with Crippen LogP contribution in [0.1, 0.15) is 13.3 Å². The van der Waals surface area contributed by atoms with E-state index in [1.807, 2.05) is 6.92 Å². The van der Waals surface area contributed by atoms with Gasteiger partial charge in [0.2, 0.25) is 5.91 Å². The lowest BCUT2D eigenvalue weighted by molar-refractivity contribution is -0.128. The van der Waals surface area contributed by atoms with Gasteiger partial charge in [-0.2, -0.15) is 0 Å².